The van der Waals surface area contributed by atoms with Gasteiger partial charge in [0.2, 0.25) is 0 Å². The zero-order valence-electron chi connectivity index (χ0n) is 7.09. The average molecular weight is 321 g/mol. The molecule has 74 valence electrons. The average Bonchev–Trinajstić information content (AvgIpc) is 2.56. The van der Waals surface area contributed by atoms with Crippen molar-refractivity contribution >= 4 is 38.0 Å². The Morgan fingerprint density at radius 1 is 1.43 bits per heavy atom. The quantitative estimate of drug-likeness (QED) is 0.864. The van der Waals surface area contributed by atoms with Gasteiger partial charge in [0.05, 0.1) is 6.04 Å². The van der Waals surface area contributed by atoms with Gasteiger partial charge in [-0.15, -0.1) is 0 Å². The highest BCUT2D eigenvalue weighted by Crippen LogP contribution is 2.28. The normalized spacial score (nSPS) is 20.4. The van der Waals surface area contributed by atoms with Gasteiger partial charge in [-0.3, -0.25) is 0 Å². The Labute approximate surface area is 98.1 Å². The van der Waals surface area contributed by atoms with Crippen molar-refractivity contribution in [3.63, 3.8) is 0 Å². The van der Waals surface area contributed by atoms with E-state index >= 15 is 0 Å². The summed E-state index contributed by atoms with van der Waals surface area (Å²) in [6.07, 6.45) is -0.359. The second-order valence-corrected chi connectivity index (χ2v) is 4.73. The molecule has 1 aliphatic rings. The van der Waals surface area contributed by atoms with Crippen LogP contribution in [-0.2, 0) is 4.74 Å². The van der Waals surface area contributed by atoms with Crippen LogP contribution < -0.4 is 5.32 Å². The van der Waals surface area contributed by atoms with Crippen LogP contribution in [0.3, 0.4) is 0 Å². The van der Waals surface area contributed by atoms with Gasteiger partial charge in [-0.1, -0.05) is 31.9 Å². The summed E-state index contributed by atoms with van der Waals surface area (Å²) < 4.78 is 6.78. The molecule has 0 radical (unpaired) electrons. The van der Waals surface area contributed by atoms with Crippen molar-refractivity contribution in [2.45, 2.75) is 6.04 Å². The lowest BCUT2D eigenvalue weighted by molar-refractivity contribution is 0.177. The highest BCUT2D eigenvalue weighted by atomic mass is 79.9. The van der Waals surface area contributed by atoms with E-state index in [-0.39, 0.29) is 12.1 Å². The number of alkyl carbamates (subject to hydrolysis) is 1. The molecule has 14 heavy (non-hydrogen) atoms. The van der Waals surface area contributed by atoms with E-state index in [1.54, 1.807) is 0 Å². The molecule has 0 aromatic heterocycles. The number of hydrogen-bond acceptors (Lipinski definition) is 2. The minimum Gasteiger partial charge on any atom is -0.447 e. The number of hydrogen-bond donors (Lipinski definition) is 1. The summed E-state index contributed by atoms with van der Waals surface area (Å²) in [4.78, 5) is 10.9. The van der Waals surface area contributed by atoms with Crippen LogP contribution in [0.2, 0.25) is 0 Å². The van der Waals surface area contributed by atoms with Crippen LogP contribution in [0, 0.1) is 0 Å². The summed E-state index contributed by atoms with van der Waals surface area (Å²) in [5.74, 6) is 0. The number of ether oxygens (including phenoxy) is 1. The van der Waals surface area contributed by atoms with Crippen molar-refractivity contribution in [2.75, 3.05) is 6.61 Å². The molecule has 5 heteroatoms. The SMILES string of the molecule is O=C1N[C@H](c2cc(Br)ccc2Br)CO1. The summed E-state index contributed by atoms with van der Waals surface area (Å²) in [7, 11) is 0. The fourth-order valence-corrected chi connectivity index (χ4v) is 2.24. The highest BCUT2D eigenvalue weighted by molar-refractivity contribution is 9.11. The summed E-state index contributed by atoms with van der Waals surface area (Å²) in [6, 6.07) is 5.77. The molecule has 0 saturated carbocycles. The van der Waals surface area contributed by atoms with E-state index in [2.05, 4.69) is 37.2 Å². The summed E-state index contributed by atoms with van der Waals surface area (Å²) in [6.45, 7) is 0.383. The molecule has 1 aromatic rings. The highest BCUT2D eigenvalue weighted by Gasteiger charge is 2.25. The van der Waals surface area contributed by atoms with Gasteiger partial charge < -0.3 is 10.1 Å². The van der Waals surface area contributed by atoms with E-state index in [4.69, 9.17) is 4.74 Å². The topological polar surface area (TPSA) is 38.3 Å². The number of benzene rings is 1. The van der Waals surface area contributed by atoms with Gasteiger partial charge in [0, 0.05) is 8.95 Å². The van der Waals surface area contributed by atoms with Gasteiger partial charge >= 0.3 is 6.09 Å². The first kappa shape index (κ1) is 9.98. The van der Waals surface area contributed by atoms with Crippen molar-refractivity contribution in [1.29, 1.82) is 0 Å². The predicted molar refractivity (Wildman–Crippen MR) is 59.1 cm³/mol. The second-order valence-electron chi connectivity index (χ2n) is 2.96. The molecule has 1 fully saturated rings. The van der Waals surface area contributed by atoms with Crippen molar-refractivity contribution in [1.82, 2.24) is 5.32 Å². The maximum absolute atomic E-state index is 10.9. The van der Waals surface area contributed by atoms with Crippen molar-refractivity contribution < 1.29 is 9.53 Å². The molecule has 1 atom stereocenters. The number of nitrogens with one attached hydrogen (secondary N) is 1. The van der Waals surface area contributed by atoms with Crippen LogP contribution in [0.4, 0.5) is 4.79 Å². The van der Waals surface area contributed by atoms with Crippen molar-refractivity contribution in [3.8, 4) is 0 Å². The second kappa shape index (κ2) is 3.90. The molecule has 2 rings (SSSR count). The van der Waals surface area contributed by atoms with Gasteiger partial charge in [0.15, 0.2) is 0 Å². The molecular weight excluding hydrogens is 314 g/mol. The molecule has 1 aliphatic heterocycles. The third kappa shape index (κ3) is 1.93. The maximum Gasteiger partial charge on any atom is 0.407 e. The van der Waals surface area contributed by atoms with E-state index in [1.165, 1.54) is 0 Å². The Morgan fingerprint density at radius 3 is 2.86 bits per heavy atom. The number of amides is 1. The first-order chi connectivity index (χ1) is 6.66. The summed E-state index contributed by atoms with van der Waals surface area (Å²) >= 11 is 6.82. The monoisotopic (exact) mass is 319 g/mol. The minimum atomic E-state index is -0.359. The van der Waals surface area contributed by atoms with Crippen LogP contribution in [0.5, 0.6) is 0 Å². The van der Waals surface area contributed by atoms with Crippen LogP contribution in [0.1, 0.15) is 11.6 Å². The third-order valence-electron chi connectivity index (χ3n) is 2.01. The van der Waals surface area contributed by atoms with Crippen molar-refractivity contribution in [3.05, 3.63) is 32.7 Å². The van der Waals surface area contributed by atoms with Crippen LogP contribution in [0.25, 0.3) is 0 Å². The lowest BCUT2D eigenvalue weighted by Crippen LogP contribution is -2.18. The Kier molecular flexibility index (Phi) is 2.78. The van der Waals surface area contributed by atoms with E-state index in [0.29, 0.717) is 6.61 Å². The zero-order valence-corrected chi connectivity index (χ0v) is 10.3. The zero-order chi connectivity index (χ0) is 10.1. The van der Waals surface area contributed by atoms with Gasteiger partial charge in [0.1, 0.15) is 6.61 Å². The lowest BCUT2D eigenvalue weighted by Gasteiger charge is -2.10. The van der Waals surface area contributed by atoms with Gasteiger partial charge in [0.25, 0.3) is 0 Å². The summed E-state index contributed by atoms with van der Waals surface area (Å²) in [5, 5.41) is 2.73. The van der Waals surface area contributed by atoms with E-state index in [0.717, 1.165) is 14.5 Å². The predicted octanol–water partition coefficient (Wildman–Crippen LogP) is 2.99. The summed E-state index contributed by atoms with van der Waals surface area (Å²) in [5.41, 5.74) is 1.02. The molecule has 0 unspecified atom stereocenters. The van der Waals surface area contributed by atoms with E-state index < -0.39 is 0 Å². The lowest BCUT2D eigenvalue weighted by atomic mass is 10.1. The fraction of sp³-hybridized carbons (Fsp3) is 0.222. The van der Waals surface area contributed by atoms with Crippen LogP contribution in [-0.4, -0.2) is 12.7 Å². The van der Waals surface area contributed by atoms with Crippen LogP contribution in [0.15, 0.2) is 27.1 Å². The standard InChI is InChI=1S/C9H7Br2NO2/c10-5-1-2-7(11)6(3-5)8-4-14-9(13)12-8/h1-3,8H,4H2,(H,12,13)/t8-/m0/s1. The van der Waals surface area contributed by atoms with Gasteiger partial charge in [-0.2, -0.15) is 0 Å². The molecule has 1 saturated heterocycles. The number of halogens is 2. The smallest absolute Gasteiger partial charge is 0.407 e. The Hall–Kier alpha value is -0.550. The molecule has 0 aliphatic carbocycles. The molecule has 0 spiro atoms. The first-order valence-corrected chi connectivity index (χ1v) is 5.63. The number of cyclic esters (lactones) is 1. The minimum absolute atomic E-state index is 0.0608. The van der Waals surface area contributed by atoms with Gasteiger partial charge in [-0.25, -0.2) is 4.79 Å². The maximum atomic E-state index is 10.9. The Morgan fingerprint density at radius 2 is 2.21 bits per heavy atom. The third-order valence-corrected chi connectivity index (χ3v) is 3.22. The Balaban J connectivity index is 2.31. The van der Waals surface area contributed by atoms with E-state index in [9.17, 15) is 4.79 Å². The first-order valence-electron chi connectivity index (χ1n) is 4.05. The molecule has 3 nitrogen and oxygen atoms in total. The van der Waals surface area contributed by atoms with E-state index in [1.807, 2.05) is 18.2 Å². The molecule has 1 amide bonds. The molecule has 1 N–H and O–H groups in total. The Bertz CT molecular complexity index is 381. The van der Waals surface area contributed by atoms with Gasteiger partial charge in [-0.05, 0) is 23.8 Å². The fourth-order valence-electron chi connectivity index (χ4n) is 1.33. The van der Waals surface area contributed by atoms with Crippen LogP contribution >= 0.6 is 31.9 Å². The number of rotatable bonds is 1. The largest absolute Gasteiger partial charge is 0.447 e. The van der Waals surface area contributed by atoms with Crippen molar-refractivity contribution in [2.24, 2.45) is 0 Å². The molecule has 1 heterocycles. The molecular formula is C9H7Br2NO2. The molecule has 0 bridgehead atoms. The number of carbonyl (C=O) groups is 1. The number of carbonyl (C=O) groups excluding carboxylic acids is 1. The molecule has 1 aromatic carbocycles.